The van der Waals surface area contributed by atoms with Crippen molar-refractivity contribution in [1.82, 2.24) is 4.90 Å². The zero-order chi connectivity index (χ0) is 37.9. The van der Waals surface area contributed by atoms with Gasteiger partial charge in [-0.25, -0.2) is 27.0 Å². The van der Waals surface area contributed by atoms with Crippen LogP contribution in [0, 0.1) is 41.7 Å². The Morgan fingerprint density at radius 3 is 1.72 bits per heavy atom. The number of hydrogen-bond acceptors (Lipinski definition) is 4. The quantitative estimate of drug-likeness (QED) is 0.0912. The molecule has 2 aliphatic heterocycles. The van der Waals surface area contributed by atoms with E-state index in [1.54, 1.807) is 77.0 Å². The number of halogens is 7. The van der Waals surface area contributed by atoms with Crippen molar-refractivity contribution in [2.45, 2.75) is 140 Å². The average Bonchev–Trinajstić information content (AvgIpc) is 3.62. The standard InChI is InChI=1S/C18H33P.C15H14F5N3O.C7H6.2ClH.Ru/c1-4-10-16(11-5-1)19(17-12-6-2-7-13-17)18-14-8-3-9-15-18;1-3-7(2)8-4-24-5-9-21-23(6-22(8)9)15-13(19)11(17)10(16)12(18)14(15)20;1-7-5-3-2-4-6-7;;;/h16-18H,1-15H2;7-8H,3-5H2,1-2H3;1-6H;2*1H;/q;;;;;+2/p-2/t;7?,8-;;;;/m.1..../s1. The molecule has 1 saturated heterocycles. The van der Waals surface area contributed by atoms with Crippen molar-refractivity contribution in [1.29, 1.82) is 0 Å². The Bertz CT molecular complexity index is 1450. The third kappa shape index (κ3) is 11.5. The first-order valence-electron chi connectivity index (χ1n) is 19.3. The topological polar surface area (TPSA) is 28.1 Å². The van der Waals surface area contributed by atoms with Crippen LogP contribution in [0.1, 0.15) is 122 Å². The summed E-state index contributed by atoms with van der Waals surface area (Å²) in [5, 5.41) is 4.44. The molecule has 2 atom stereocenters. The van der Waals surface area contributed by atoms with E-state index in [2.05, 4.69) is 11.8 Å². The molecule has 53 heavy (non-hydrogen) atoms. The molecule has 7 rings (SSSR count). The summed E-state index contributed by atoms with van der Waals surface area (Å²) >= 11 is -1.61. The van der Waals surface area contributed by atoms with Gasteiger partial charge in [0.15, 0.2) is 29.1 Å². The monoisotopic (exact) mass is 889 g/mol. The summed E-state index contributed by atoms with van der Waals surface area (Å²) in [7, 11) is 11.7. The summed E-state index contributed by atoms with van der Waals surface area (Å²) in [6.07, 6.45) is 24.4. The maximum absolute atomic E-state index is 13.9. The van der Waals surface area contributed by atoms with Crippen LogP contribution in [0.5, 0.6) is 0 Å². The Balaban J connectivity index is 0.000000166. The first kappa shape index (κ1) is 43.0. The number of nitrogens with zero attached hydrogens (tertiary/aromatic N) is 3. The van der Waals surface area contributed by atoms with E-state index < -0.39 is 48.3 Å². The molecular formula is C40H53Cl2F5N3OPRu. The fourth-order valence-corrected chi connectivity index (χ4v) is 14.8. The summed E-state index contributed by atoms with van der Waals surface area (Å²) in [5.41, 5.74) is 3.53. The average molecular weight is 890 g/mol. The third-order valence-corrected chi connectivity index (χ3v) is 17.2. The summed E-state index contributed by atoms with van der Waals surface area (Å²) < 4.78 is 75.1. The minimum atomic E-state index is -2.21. The van der Waals surface area contributed by atoms with Gasteiger partial charge in [0.25, 0.3) is 0 Å². The van der Waals surface area contributed by atoms with Crippen LogP contribution < -0.4 is 5.01 Å². The summed E-state index contributed by atoms with van der Waals surface area (Å²) in [6.45, 7) is 6.92. The van der Waals surface area contributed by atoms with E-state index in [-0.39, 0.29) is 18.6 Å². The molecular weight excluding hydrogens is 836 g/mol. The van der Waals surface area contributed by atoms with Gasteiger partial charge < -0.3 is 9.64 Å². The molecule has 0 aromatic heterocycles. The molecule has 13 heteroatoms. The number of fused-ring (bicyclic) bond motifs is 1. The van der Waals surface area contributed by atoms with Crippen LogP contribution in [-0.4, -0.2) is 51.6 Å². The van der Waals surface area contributed by atoms with Crippen molar-refractivity contribution in [2.24, 2.45) is 11.0 Å². The van der Waals surface area contributed by atoms with Gasteiger partial charge in [-0.1, -0.05) is 86.0 Å². The van der Waals surface area contributed by atoms with Crippen LogP contribution >= 0.6 is 27.3 Å². The van der Waals surface area contributed by atoms with Crippen LogP contribution in [0.3, 0.4) is 0 Å². The minimum absolute atomic E-state index is 0.0613. The van der Waals surface area contributed by atoms with Crippen molar-refractivity contribution >= 4 is 43.4 Å². The zero-order valence-corrected chi connectivity index (χ0v) is 34.9. The number of ether oxygens (including phenoxy) is 1. The molecule has 4 fully saturated rings. The summed E-state index contributed by atoms with van der Waals surface area (Å²) in [6, 6.07) is 9.71. The van der Waals surface area contributed by atoms with Gasteiger partial charge in [-0.05, 0) is 61.4 Å². The number of anilines is 1. The Kier molecular flexibility index (Phi) is 17.3. The SMILES string of the molecule is C1CCC(P(C2CCCCC2)C2CCCCC2)CC1.CCC(C)[C@H]1COCC2=NN(c3c(F)c(F)c(F)c(F)c3F)[C]N21.[Cl][Ru]([Cl])=[CH]c1ccccc1. The summed E-state index contributed by atoms with van der Waals surface area (Å²) in [4.78, 5) is 1.54. The summed E-state index contributed by atoms with van der Waals surface area (Å²) in [5.74, 6) is -9.71. The molecule has 4 nitrogen and oxygen atoms in total. The van der Waals surface area contributed by atoms with Gasteiger partial charge >= 0.3 is 73.4 Å². The van der Waals surface area contributed by atoms with Crippen LogP contribution in [0.25, 0.3) is 0 Å². The van der Waals surface area contributed by atoms with Crippen LogP contribution in [0.4, 0.5) is 27.6 Å². The Morgan fingerprint density at radius 1 is 0.792 bits per heavy atom. The number of morpholine rings is 1. The van der Waals surface area contributed by atoms with E-state index in [0.29, 0.717) is 25.4 Å². The molecule has 0 bridgehead atoms. The van der Waals surface area contributed by atoms with Crippen molar-refractivity contribution < 1.29 is 40.2 Å². The van der Waals surface area contributed by atoms with E-state index in [0.717, 1.165) is 12.0 Å². The van der Waals surface area contributed by atoms with E-state index in [1.807, 2.05) is 48.8 Å². The molecule has 2 aromatic rings. The van der Waals surface area contributed by atoms with Gasteiger partial charge in [-0.2, -0.15) is 5.10 Å². The third-order valence-electron chi connectivity index (χ3n) is 11.2. The van der Waals surface area contributed by atoms with Gasteiger partial charge in [0.2, 0.25) is 12.5 Å². The van der Waals surface area contributed by atoms with E-state index >= 15 is 0 Å². The van der Waals surface area contributed by atoms with Crippen molar-refractivity contribution in [2.75, 3.05) is 18.2 Å². The Morgan fingerprint density at radius 2 is 1.26 bits per heavy atom. The molecule has 0 N–H and O–H groups in total. The molecule has 0 amide bonds. The van der Waals surface area contributed by atoms with Crippen molar-refractivity contribution in [3.63, 3.8) is 0 Å². The second kappa shape index (κ2) is 21.4. The maximum atomic E-state index is 13.9. The number of hydrogen-bond donors (Lipinski definition) is 0. The van der Waals surface area contributed by atoms with Gasteiger partial charge in [-0.15, -0.1) is 0 Å². The molecule has 296 valence electrons. The predicted molar refractivity (Wildman–Crippen MR) is 206 cm³/mol. The van der Waals surface area contributed by atoms with Gasteiger partial charge in [0.1, 0.15) is 12.3 Å². The second-order valence-corrected chi connectivity index (χ2v) is 23.5. The molecule has 5 aliphatic rings. The van der Waals surface area contributed by atoms with Gasteiger partial charge in [0.05, 0.1) is 12.6 Å². The molecule has 1 unspecified atom stereocenters. The number of rotatable bonds is 7. The normalized spacial score (nSPS) is 22.3. The molecule has 2 heterocycles. The second-order valence-electron chi connectivity index (χ2n) is 14.7. The van der Waals surface area contributed by atoms with E-state index in [4.69, 9.17) is 24.1 Å². The Hall–Kier alpha value is -1.18. The molecule has 3 saturated carbocycles. The van der Waals surface area contributed by atoms with Crippen LogP contribution in [0.2, 0.25) is 0 Å². The number of amidine groups is 1. The van der Waals surface area contributed by atoms with Crippen LogP contribution in [0.15, 0.2) is 35.4 Å². The first-order valence-corrected chi connectivity index (χ1v) is 26.3. The fourth-order valence-electron chi connectivity index (χ4n) is 8.27. The molecule has 2 aromatic carbocycles. The molecule has 0 spiro atoms. The van der Waals surface area contributed by atoms with Crippen molar-refractivity contribution in [3.05, 3.63) is 71.7 Å². The zero-order valence-electron chi connectivity index (χ0n) is 30.8. The van der Waals surface area contributed by atoms with Gasteiger partial charge in [0, 0.05) is 0 Å². The van der Waals surface area contributed by atoms with Crippen molar-refractivity contribution in [3.8, 4) is 0 Å². The van der Waals surface area contributed by atoms with E-state index in [9.17, 15) is 22.0 Å². The first-order chi connectivity index (χ1) is 25.6. The predicted octanol–water partition coefficient (Wildman–Crippen LogP) is 12.5. The fraction of sp³-hybridized carbons (Fsp3) is 0.625. The molecule has 3 aliphatic carbocycles. The van der Waals surface area contributed by atoms with Gasteiger partial charge in [-0.3, -0.25) is 0 Å². The Labute approximate surface area is 327 Å². The molecule has 2 radical (unpaired) electrons. The van der Waals surface area contributed by atoms with Crippen LogP contribution in [-0.2, 0) is 18.3 Å². The number of hydrazone groups is 1. The number of benzene rings is 2. The van der Waals surface area contributed by atoms with E-state index in [1.165, 1.54) is 41.1 Å².